The average Bonchev–Trinajstić information content (AvgIpc) is 2.81. The van der Waals surface area contributed by atoms with Gasteiger partial charge in [-0.2, -0.15) is 0 Å². The molecule has 1 fully saturated rings. The highest BCUT2D eigenvalue weighted by Gasteiger charge is 2.39. The molecule has 1 saturated heterocycles. The van der Waals surface area contributed by atoms with Crippen molar-refractivity contribution in [2.24, 2.45) is 5.41 Å². The molecule has 7 heteroatoms. The van der Waals surface area contributed by atoms with Crippen molar-refractivity contribution in [1.82, 2.24) is 15.2 Å². The van der Waals surface area contributed by atoms with Crippen LogP contribution in [0.2, 0.25) is 0 Å². The number of amides is 2. The van der Waals surface area contributed by atoms with Crippen LogP contribution in [-0.2, 0) is 11.3 Å². The number of nitrogens with zero attached hydrogens (tertiary/aromatic N) is 2. The molecule has 1 aliphatic rings. The fraction of sp³-hybridized carbons (Fsp3) is 0.615. The highest BCUT2D eigenvalue weighted by atomic mass is 32.1. The number of aromatic nitrogens is 1. The van der Waals surface area contributed by atoms with Gasteiger partial charge in [-0.05, 0) is 26.7 Å². The lowest BCUT2D eigenvalue weighted by molar-refractivity contribution is -0.150. The van der Waals surface area contributed by atoms with Crippen LogP contribution in [-0.4, -0.2) is 40.1 Å². The number of carbonyl (C=O) groups is 2. The van der Waals surface area contributed by atoms with Crippen LogP contribution in [0, 0.1) is 12.3 Å². The summed E-state index contributed by atoms with van der Waals surface area (Å²) in [5.74, 6) is -0.840. The number of likely N-dealkylation sites (tertiary alicyclic amines) is 1. The lowest BCUT2D eigenvalue weighted by Gasteiger charge is -2.37. The van der Waals surface area contributed by atoms with Crippen LogP contribution in [0.1, 0.15) is 30.3 Å². The van der Waals surface area contributed by atoms with E-state index >= 15 is 0 Å². The molecule has 0 aliphatic carbocycles. The minimum absolute atomic E-state index is 0.204. The number of rotatable bonds is 3. The summed E-state index contributed by atoms with van der Waals surface area (Å²) >= 11 is 1.50. The molecule has 110 valence electrons. The molecule has 2 heterocycles. The van der Waals surface area contributed by atoms with Crippen molar-refractivity contribution in [2.45, 2.75) is 33.2 Å². The number of hydrogen-bond donors (Lipinski definition) is 2. The van der Waals surface area contributed by atoms with Crippen molar-refractivity contribution in [2.75, 3.05) is 13.1 Å². The Morgan fingerprint density at radius 1 is 1.60 bits per heavy atom. The number of aryl methyl sites for hydroxylation is 1. The molecule has 0 aromatic carbocycles. The van der Waals surface area contributed by atoms with Gasteiger partial charge >= 0.3 is 12.0 Å². The number of piperidine rings is 1. The van der Waals surface area contributed by atoms with Crippen LogP contribution in [0.15, 0.2) is 5.51 Å². The Kier molecular flexibility index (Phi) is 4.27. The Labute approximate surface area is 121 Å². The van der Waals surface area contributed by atoms with Crippen molar-refractivity contribution in [3.63, 3.8) is 0 Å². The van der Waals surface area contributed by atoms with E-state index in [1.807, 2.05) is 6.92 Å². The first-order valence-electron chi connectivity index (χ1n) is 6.57. The maximum atomic E-state index is 12.1. The first-order valence-corrected chi connectivity index (χ1v) is 7.45. The second-order valence-electron chi connectivity index (χ2n) is 5.41. The predicted molar refractivity (Wildman–Crippen MR) is 75.6 cm³/mol. The molecule has 2 amide bonds. The summed E-state index contributed by atoms with van der Waals surface area (Å²) < 4.78 is 0. The molecule has 20 heavy (non-hydrogen) atoms. The van der Waals surface area contributed by atoms with E-state index in [-0.39, 0.29) is 12.6 Å². The number of thiazole rings is 1. The Hall–Kier alpha value is -1.63. The Morgan fingerprint density at radius 3 is 2.95 bits per heavy atom. The summed E-state index contributed by atoms with van der Waals surface area (Å²) in [6.07, 6.45) is 1.33. The number of hydrogen-bond acceptors (Lipinski definition) is 4. The van der Waals surface area contributed by atoms with Gasteiger partial charge in [0, 0.05) is 18.0 Å². The topological polar surface area (TPSA) is 82.5 Å². The van der Waals surface area contributed by atoms with Crippen LogP contribution >= 0.6 is 11.3 Å². The summed E-state index contributed by atoms with van der Waals surface area (Å²) in [5, 5.41) is 12.1. The van der Waals surface area contributed by atoms with Crippen LogP contribution in [0.25, 0.3) is 0 Å². The van der Waals surface area contributed by atoms with Crippen LogP contribution < -0.4 is 5.32 Å². The van der Waals surface area contributed by atoms with Crippen LogP contribution in [0.4, 0.5) is 4.79 Å². The molecular formula is C13H19N3O3S. The van der Waals surface area contributed by atoms with E-state index in [1.54, 1.807) is 17.3 Å². The molecule has 2 N–H and O–H groups in total. The zero-order valence-corrected chi connectivity index (χ0v) is 12.5. The lowest BCUT2D eigenvalue weighted by atomic mass is 9.82. The molecule has 2 rings (SSSR count). The monoisotopic (exact) mass is 297 g/mol. The summed E-state index contributed by atoms with van der Waals surface area (Å²) in [6, 6.07) is -0.204. The second-order valence-corrected chi connectivity index (χ2v) is 6.35. The van der Waals surface area contributed by atoms with E-state index in [2.05, 4.69) is 10.3 Å². The van der Waals surface area contributed by atoms with E-state index < -0.39 is 11.4 Å². The van der Waals surface area contributed by atoms with E-state index in [4.69, 9.17) is 0 Å². The van der Waals surface area contributed by atoms with Gasteiger partial charge in [0.25, 0.3) is 0 Å². The zero-order chi connectivity index (χ0) is 14.8. The molecule has 1 atom stereocenters. The van der Waals surface area contributed by atoms with Gasteiger partial charge < -0.3 is 15.3 Å². The van der Waals surface area contributed by atoms with Gasteiger partial charge in [-0.1, -0.05) is 0 Å². The lowest BCUT2D eigenvalue weighted by Crippen LogP contribution is -2.51. The number of urea groups is 1. The van der Waals surface area contributed by atoms with E-state index in [0.29, 0.717) is 19.5 Å². The van der Waals surface area contributed by atoms with Crippen molar-refractivity contribution in [1.29, 1.82) is 0 Å². The van der Waals surface area contributed by atoms with Crippen molar-refractivity contribution in [3.05, 3.63) is 16.1 Å². The summed E-state index contributed by atoms with van der Waals surface area (Å²) in [7, 11) is 0. The van der Waals surface area contributed by atoms with Crippen molar-refractivity contribution < 1.29 is 14.7 Å². The molecule has 0 saturated carbocycles. The SMILES string of the molecule is Cc1ncsc1CNC(=O)N1CCCC(C)(C(=O)O)C1. The van der Waals surface area contributed by atoms with Crippen LogP contribution in [0.3, 0.4) is 0 Å². The highest BCUT2D eigenvalue weighted by molar-refractivity contribution is 7.09. The van der Waals surface area contributed by atoms with Crippen molar-refractivity contribution in [3.8, 4) is 0 Å². The Bertz CT molecular complexity index is 517. The number of aliphatic carboxylic acids is 1. The smallest absolute Gasteiger partial charge is 0.317 e. The number of carbonyl (C=O) groups excluding carboxylic acids is 1. The molecule has 0 bridgehead atoms. The number of nitrogens with one attached hydrogen (secondary N) is 1. The van der Waals surface area contributed by atoms with Crippen LogP contribution in [0.5, 0.6) is 0 Å². The molecule has 6 nitrogen and oxygen atoms in total. The molecule has 0 radical (unpaired) electrons. The Morgan fingerprint density at radius 2 is 2.35 bits per heavy atom. The first kappa shape index (κ1) is 14.8. The Balaban J connectivity index is 1.92. The summed E-state index contributed by atoms with van der Waals surface area (Å²) in [4.78, 5) is 30.1. The number of carboxylic acids is 1. The van der Waals surface area contributed by atoms with Crippen molar-refractivity contribution >= 4 is 23.3 Å². The molecule has 1 aromatic rings. The molecule has 1 unspecified atom stereocenters. The molecule has 0 spiro atoms. The highest BCUT2D eigenvalue weighted by Crippen LogP contribution is 2.29. The van der Waals surface area contributed by atoms with Gasteiger partial charge in [0.15, 0.2) is 0 Å². The maximum absolute atomic E-state index is 12.1. The van der Waals surface area contributed by atoms with E-state index in [1.165, 1.54) is 11.3 Å². The van der Waals surface area contributed by atoms with Gasteiger partial charge in [-0.25, -0.2) is 9.78 Å². The van der Waals surface area contributed by atoms with E-state index in [0.717, 1.165) is 17.0 Å². The van der Waals surface area contributed by atoms with Gasteiger partial charge in [0.05, 0.1) is 23.2 Å². The average molecular weight is 297 g/mol. The fourth-order valence-electron chi connectivity index (χ4n) is 2.35. The second kappa shape index (κ2) is 5.78. The maximum Gasteiger partial charge on any atom is 0.317 e. The summed E-state index contributed by atoms with van der Waals surface area (Å²) in [5.41, 5.74) is 1.83. The third-order valence-corrected chi connectivity index (χ3v) is 4.68. The molecular weight excluding hydrogens is 278 g/mol. The van der Waals surface area contributed by atoms with Gasteiger partial charge in [0.2, 0.25) is 0 Å². The predicted octanol–water partition coefficient (Wildman–Crippen LogP) is 1.85. The minimum Gasteiger partial charge on any atom is -0.481 e. The third kappa shape index (κ3) is 3.09. The van der Waals surface area contributed by atoms with Gasteiger partial charge in [0.1, 0.15) is 0 Å². The first-order chi connectivity index (χ1) is 9.42. The fourth-order valence-corrected chi connectivity index (χ4v) is 3.07. The minimum atomic E-state index is -0.840. The zero-order valence-electron chi connectivity index (χ0n) is 11.7. The quantitative estimate of drug-likeness (QED) is 0.892. The normalized spacial score (nSPS) is 22.6. The third-order valence-electron chi connectivity index (χ3n) is 3.74. The standard InChI is InChI=1S/C13H19N3O3S/c1-9-10(20-8-15-9)6-14-12(19)16-5-3-4-13(2,7-16)11(17)18/h8H,3-7H2,1-2H3,(H,14,19)(H,17,18). The van der Waals surface area contributed by atoms with E-state index in [9.17, 15) is 14.7 Å². The van der Waals surface area contributed by atoms with Gasteiger partial charge in [-0.15, -0.1) is 11.3 Å². The molecule has 1 aromatic heterocycles. The number of carboxylic acid groups (broad SMARTS) is 1. The van der Waals surface area contributed by atoms with Gasteiger partial charge in [-0.3, -0.25) is 4.79 Å². The largest absolute Gasteiger partial charge is 0.481 e. The summed E-state index contributed by atoms with van der Waals surface area (Å²) in [6.45, 7) is 4.91. The molecule has 1 aliphatic heterocycles.